The molecule has 0 unspecified atom stereocenters. The Bertz CT molecular complexity index is 515. The van der Waals surface area contributed by atoms with E-state index in [0.29, 0.717) is 25.7 Å². The third-order valence-electron chi connectivity index (χ3n) is 4.37. The molecule has 24 heavy (non-hydrogen) atoms. The van der Waals surface area contributed by atoms with E-state index in [-0.39, 0.29) is 12.5 Å². The van der Waals surface area contributed by atoms with Gasteiger partial charge < -0.3 is 25.2 Å². The zero-order valence-electron chi connectivity index (χ0n) is 14.3. The number of nitrogens with zero attached hydrogens (tertiary/aromatic N) is 1. The summed E-state index contributed by atoms with van der Waals surface area (Å²) in [5.41, 5.74) is -0.715. The maximum absolute atomic E-state index is 12.8. The van der Waals surface area contributed by atoms with Crippen LogP contribution in [-0.2, 0) is 14.3 Å². The summed E-state index contributed by atoms with van der Waals surface area (Å²) in [6.45, 7) is 5.12. The second-order valence-corrected chi connectivity index (χ2v) is 7.50. The van der Waals surface area contributed by atoms with Crippen LogP contribution in [0.5, 0.6) is 0 Å². The normalized spacial score (nSPS) is 31.0. The predicted octanol–water partition coefficient (Wildman–Crippen LogP) is 0.869. The van der Waals surface area contributed by atoms with Crippen molar-refractivity contribution < 1.29 is 29.3 Å². The van der Waals surface area contributed by atoms with Crippen LogP contribution < -0.4 is 5.32 Å². The van der Waals surface area contributed by atoms with Gasteiger partial charge in [0, 0.05) is 12.5 Å². The number of carbonyl (C=O) groups is 3. The molecule has 0 bridgehead atoms. The highest BCUT2D eigenvalue weighted by Gasteiger charge is 2.45. The molecule has 2 fully saturated rings. The van der Waals surface area contributed by atoms with Crippen LogP contribution in [0.25, 0.3) is 0 Å². The second kappa shape index (κ2) is 6.96. The van der Waals surface area contributed by atoms with Crippen LogP contribution in [0, 0.1) is 0 Å². The average molecular weight is 342 g/mol. The van der Waals surface area contributed by atoms with E-state index < -0.39 is 41.8 Å². The molecule has 0 aromatic rings. The van der Waals surface area contributed by atoms with Gasteiger partial charge in [0.1, 0.15) is 17.7 Å². The Morgan fingerprint density at radius 3 is 2.42 bits per heavy atom. The summed E-state index contributed by atoms with van der Waals surface area (Å²) in [5.74, 6) is -1.50. The van der Waals surface area contributed by atoms with E-state index in [1.165, 1.54) is 4.90 Å². The molecule has 2 saturated heterocycles. The van der Waals surface area contributed by atoms with Crippen molar-refractivity contribution in [3.63, 3.8) is 0 Å². The van der Waals surface area contributed by atoms with Gasteiger partial charge in [-0.1, -0.05) is 0 Å². The first-order valence-electron chi connectivity index (χ1n) is 8.31. The molecular formula is C16H26N2O6. The lowest BCUT2D eigenvalue weighted by molar-refractivity contribution is -0.151. The number of carbonyl (C=O) groups excluding carboxylic acids is 2. The first-order valence-corrected chi connectivity index (χ1v) is 8.31. The largest absolute Gasteiger partial charge is 0.480 e. The van der Waals surface area contributed by atoms with Crippen molar-refractivity contribution in [3.8, 4) is 0 Å². The molecule has 2 heterocycles. The maximum atomic E-state index is 12.8. The molecule has 2 aliphatic heterocycles. The topological polar surface area (TPSA) is 116 Å². The number of rotatable bonds is 2. The summed E-state index contributed by atoms with van der Waals surface area (Å²) in [5, 5.41) is 21.9. The van der Waals surface area contributed by atoms with Gasteiger partial charge in [-0.15, -0.1) is 0 Å². The highest BCUT2D eigenvalue weighted by molar-refractivity contribution is 5.90. The van der Waals surface area contributed by atoms with Gasteiger partial charge in [-0.05, 0) is 46.5 Å². The quantitative estimate of drug-likeness (QED) is 0.686. The fourth-order valence-corrected chi connectivity index (χ4v) is 3.37. The summed E-state index contributed by atoms with van der Waals surface area (Å²) >= 11 is 0. The number of nitrogens with one attached hydrogen (secondary N) is 1. The predicted molar refractivity (Wildman–Crippen MR) is 84.3 cm³/mol. The third kappa shape index (κ3) is 4.37. The van der Waals surface area contributed by atoms with E-state index in [9.17, 15) is 24.6 Å². The molecule has 8 nitrogen and oxygen atoms in total. The van der Waals surface area contributed by atoms with Gasteiger partial charge in [0.25, 0.3) is 0 Å². The summed E-state index contributed by atoms with van der Waals surface area (Å²) in [6, 6.07) is -2.07. The van der Waals surface area contributed by atoms with Crippen molar-refractivity contribution in [2.45, 2.75) is 82.7 Å². The molecule has 0 radical (unpaired) electrons. The SMILES string of the molecule is CC(C)(C)OC(=O)N[C@H]1C[C@H](O)CC[C@H]2CC[C@@H](C(=O)O)N2C1=O. The highest BCUT2D eigenvalue weighted by Crippen LogP contribution is 2.31. The van der Waals surface area contributed by atoms with Crippen molar-refractivity contribution in [2.24, 2.45) is 0 Å². The van der Waals surface area contributed by atoms with Crippen LogP contribution in [0.1, 0.15) is 52.9 Å². The van der Waals surface area contributed by atoms with Crippen LogP contribution >= 0.6 is 0 Å². The Balaban J connectivity index is 2.17. The van der Waals surface area contributed by atoms with Gasteiger partial charge in [0.15, 0.2) is 0 Å². The molecule has 0 aromatic carbocycles. The summed E-state index contributed by atoms with van der Waals surface area (Å²) in [7, 11) is 0. The van der Waals surface area contributed by atoms with Gasteiger partial charge in [-0.2, -0.15) is 0 Å². The number of aliphatic hydroxyl groups is 1. The number of carboxylic acid groups (broad SMARTS) is 1. The molecule has 8 heteroatoms. The number of hydrogen-bond acceptors (Lipinski definition) is 5. The first-order chi connectivity index (χ1) is 11.1. The molecule has 0 aromatic heterocycles. The minimum Gasteiger partial charge on any atom is -0.480 e. The van der Waals surface area contributed by atoms with Gasteiger partial charge in [0.2, 0.25) is 5.91 Å². The maximum Gasteiger partial charge on any atom is 0.408 e. The fraction of sp³-hybridized carbons (Fsp3) is 0.812. The van der Waals surface area contributed by atoms with Crippen LogP contribution in [-0.4, -0.2) is 62.9 Å². The van der Waals surface area contributed by atoms with Crippen molar-refractivity contribution >= 4 is 18.0 Å². The molecule has 0 spiro atoms. The van der Waals surface area contributed by atoms with Crippen molar-refractivity contribution in [1.29, 1.82) is 0 Å². The van der Waals surface area contributed by atoms with Crippen LogP contribution in [0.15, 0.2) is 0 Å². The monoisotopic (exact) mass is 342 g/mol. The number of hydrogen-bond donors (Lipinski definition) is 3. The van der Waals surface area contributed by atoms with E-state index in [1.54, 1.807) is 20.8 Å². The number of aliphatic hydroxyl groups excluding tert-OH is 1. The zero-order chi connectivity index (χ0) is 18.1. The molecule has 2 amide bonds. The van der Waals surface area contributed by atoms with Crippen molar-refractivity contribution in [3.05, 3.63) is 0 Å². The van der Waals surface area contributed by atoms with Gasteiger partial charge >= 0.3 is 12.1 Å². The third-order valence-corrected chi connectivity index (χ3v) is 4.37. The van der Waals surface area contributed by atoms with Crippen molar-refractivity contribution in [1.82, 2.24) is 10.2 Å². The summed E-state index contributed by atoms with van der Waals surface area (Å²) in [6.07, 6.45) is 0.586. The highest BCUT2D eigenvalue weighted by atomic mass is 16.6. The summed E-state index contributed by atoms with van der Waals surface area (Å²) < 4.78 is 5.16. The number of ether oxygens (including phenoxy) is 1. The van der Waals surface area contributed by atoms with Gasteiger partial charge in [-0.25, -0.2) is 9.59 Å². The zero-order valence-corrected chi connectivity index (χ0v) is 14.3. The molecule has 4 atom stereocenters. The lowest BCUT2D eigenvalue weighted by Crippen LogP contribution is -2.56. The fourth-order valence-electron chi connectivity index (χ4n) is 3.37. The van der Waals surface area contributed by atoms with E-state index in [2.05, 4.69) is 5.32 Å². The van der Waals surface area contributed by atoms with Crippen LogP contribution in [0.4, 0.5) is 4.79 Å². The van der Waals surface area contributed by atoms with Crippen LogP contribution in [0.3, 0.4) is 0 Å². The molecule has 3 N–H and O–H groups in total. The number of alkyl carbamates (subject to hydrolysis) is 1. The molecule has 0 aliphatic carbocycles. The van der Waals surface area contributed by atoms with Crippen molar-refractivity contribution in [2.75, 3.05) is 0 Å². The standard InChI is InChI=1S/C16H26N2O6/c1-16(2,3)24-15(23)17-11-8-10(19)6-4-9-5-7-12(14(21)22)18(9)13(11)20/h9-12,19H,4-8H2,1-3H3,(H,17,23)(H,21,22)/t9-,10+,11-,12-/m0/s1. The molecule has 136 valence electrons. The molecule has 2 rings (SSSR count). The minimum atomic E-state index is -1.04. The van der Waals surface area contributed by atoms with Gasteiger partial charge in [0.05, 0.1) is 6.10 Å². The van der Waals surface area contributed by atoms with E-state index >= 15 is 0 Å². The number of amides is 2. The Morgan fingerprint density at radius 2 is 1.83 bits per heavy atom. The summed E-state index contributed by atoms with van der Waals surface area (Å²) in [4.78, 5) is 37.6. The van der Waals surface area contributed by atoms with E-state index in [1.807, 2.05) is 0 Å². The smallest absolute Gasteiger partial charge is 0.408 e. The second-order valence-electron chi connectivity index (χ2n) is 7.50. The molecular weight excluding hydrogens is 316 g/mol. The Hall–Kier alpha value is -1.83. The van der Waals surface area contributed by atoms with Gasteiger partial charge in [-0.3, -0.25) is 4.79 Å². The number of aliphatic carboxylic acids is 1. The Labute approximate surface area is 141 Å². The lowest BCUT2D eigenvalue weighted by Gasteiger charge is -2.35. The minimum absolute atomic E-state index is 0.0492. The first kappa shape index (κ1) is 18.5. The van der Waals surface area contributed by atoms with E-state index in [0.717, 1.165) is 0 Å². The van der Waals surface area contributed by atoms with E-state index in [4.69, 9.17) is 4.74 Å². The average Bonchev–Trinajstić information content (AvgIpc) is 2.84. The number of carboxylic acids is 1. The Kier molecular flexibility index (Phi) is 5.37. The lowest BCUT2D eigenvalue weighted by atomic mass is 9.97. The Morgan fingerprint density at radius 1 is 1.21 bits per heavy atom. The molecule has 2 aliphatic rings. The number of fused-ring (bicyclic) bond motifs is 1. The van der Waals surface area contributed by atoms with Crippen LogP contribution in [0.2, 0.25) is 0 Å². The molecule has 0 saturated carbocycles.